The van der Waals surface area contributed by atoms with Crippen LogP contribution in [0.3, 0.4) is 0 Å². The number of nitrogens with zero attached hydrogens (tertiary/aromatic N) is 4. The molecule has 1 fully saturated rings. The Balaban J connectivity index is 1.49. The lowest BCUT2D eigenvalue weighted by atomic mass is 9.80. The number of halogens is 1. The lowest BCUT2D eigenvalue weighted by molar-refractivity contribution is -0.118. The van der Waals surface area contributed by atoms with Crippen molar-refractivity contribution in [1.82, 2.24) is 14.9 Å². The molecule has 1 saturated heterocycles. The van der Waals surface area contributed by atoms with Gasteiger partial charge >= 0.3 is 0 Å². The highest BCUT2D eigenvalue weighted by molar-refractivity contribution is 5.97. The summed E-state index contributed by atoms with van der Waals surface area (Å²) in [7, 11) is 1.54. The van der Waals surface area contributed by atoms with Crippen LogP contribution in [0.25, 0.3) is 11.1 Å². The van der Waals surface area contributed by atoms with Crippen LogP contribution in [0, 0.1) is 5.82 Å². The van der Waals surface area contributed by atoms with Crippen molar-refractivity contribution in [2.45, 2.75) is 5.41 Å². The van der Waals surface area contributed by atoms with E-state index in [0.29, 0.717) is 42.4 Å². The molecule has 0 bridgehead atoms. The van der Waals surface area contributed by atoms with Gasteiger partial charge in [-0.1, -0.05) is 18.2 Å². The third-order valence-corrected chi connectivity index (χ3v) is 6.10. The maximum absolute atomic E-state index is 13.6. The Kier molecular flexibility index (Phi) is 5.05. The maximum Gasteiger partial charge on any atom is 0.254 e. The van der Waals surface area contributed by atoms with Crippen molar-refractivity contribution in [2.75, 3.05) is 38.3 Å². The van der Waals surface area contributed by atoms with Crippen LogP contribution in [0.1, 0.15) is 15.9 Å². The van der Waals surface area contributed by atoms with Gasteiger partial charge in [0, 0.05) is 42.8 Å². The summed E-state index contributed by atoms with van der Waals surface area (Å²) in [5.41, 5.74) is 8.79. The number of carbonyl (C=O) groups excluding carboxylic acids is 2. The molecule has 3 heterocycles. The summed E-state index contributed by atoms with van der Waals surface area (Å²) in [4.78, 5) is 36.4. The number of hydrogen-bond acceptors (Lipinski definition) is 6. The number of nitrogens with two attached hydrogens (primary N) is 1. The average molecular weight is 447 g/mol. The van der Waals surface area contributed by atoms with Crippen molar-refractivity contribution < 1.29 is 18.7 Å². The smallest absolute Gasteiger partial charge is 0.254 e. The SMILES string of the molecule is CN(CC(N)=O)C(=O)c1ccc2c(c1)N(c1ncc(-c3cccc(F)c3)cn1)CC21COC1. The molecule has 0 saturated carbocycles. The van der Waals surface area contributed by atoms with E-state index in [0.717, 1.165) is 11.3 Å². The van der Waals surface area contributed by atoms with Crippen LogP contribution < -0.4 is 10.6 Å². The van der Waals surface area contributed by atoms with Gasteiger partial charge in [0.15, 0.2) is 0 Å². The van der Waals surface area contributed by atoms with E-state index in [4.69, 9.17) is 10.5 Å². The predicted octanol–water partition coefficient (Wildman–Crippen LogP) is 2.26. The van der Waals surface area contributed by atoms with E-state index in [1.807, 2.05) is 11.0 Å². The second-order valence-electron chi connectivity index (χ2n) is 8.50. The van der Waals surface area contributed by atoms with Crippen LogP contribution in [-0.4, -0.2) is 60.0 Å². The van der Waals surface area contributed by atoms with Gasteiger partial charge in [-0.25, -0.2) is 14.4 Å². The molecule has 3 aromatic rings. The molecule has 0 aliphatic carbocycles. The minimum absolute atomic E-state index is 0.165. The first kappa shape index (κ1) is 21.0. The van der Waals surface area contributed by atoms with Gasteiger partial charge in [-0.05, 0) is 35.4 Å². The summed E-state index contributed by atoms with van der Waals surface area (Å²) in [6.07, 6.45) is 3.32. The van der Waals surface area contributed by atoms with Gasteiger partial charge in [0.1, 0.15) is 5.82 Å². The standard InChI is InChI=1S/C24H22FN5O3/c1-29(11-21(26)31)22(32)16-5-6-19-20(8-16)30(12-24(19)13-33-14-24)23-27-9-17(10-28-23)15-3-2-4-18(25)7-15/h2-10H,11-14H2,1H3,(H2,26,31). The first-order valence-corrected chi connectivity index (χ1v) is 10.5. The van der Waals surface area contributed by atoms with Crippen LogP contribution in [0.2, 0.25) is 0 Å². The summed E-state index contributed by atoms with van der Waals surface area (Å²) < 4.78 is 19.1. The molecule has 2 aromatic carbocycles. The largest absolute Gasteiger partial charge is 0.379 e. The first-order valence-electron chi connectivity index (χ1n) is 10.5. The topological polar surface area (TPSA) is 102 Å². The monoisotopic (exact) mass is 447 g/mol. The lowest BCUT2D eigenvalue weighted by Crippen LogP contribution is -2.49. The van der Waals surface area contributed by atoms with Gasteiger partial charge in [-0.15, -0.1) is 0 Å². The number of likely N-dealkylation sites (N-methyl/N-ethyl adjacent to an activating group) is 1. The summed E-state index contributed by atoms with van der Waals surface area (Å²) >= 11 is 0. The number of ether oxygens (including phenoxy) is 1. The second-order valence-corrected chi connectivity index (χ2v) is 8.50. The molecule has 0 unspecified atom stereocenters. The van der Waals surface area contributed by atoms with Gasteiger partial charge in [0.2, 0.25) is 11.9 Å². The van der Waals surface area contributed by atoms with Crippen molar-refractivity contribution in [3.8, 4) is 11.1 Å². The fourth-order valence-corrected chi connectivity index (χ4v) is 4.39. The van der Waals surface area contributed by atoms with Crippen LogP contribution in [0.4, 0.5) is 16.0 Å². The Labute approximate surface area is 189 Å². The number of carbonyl (C=O) groups is 2. The fourth-order valence-electron chi connectivity index (χ4n) is 4.39. The van der Waals surface area contributed by atoms with Gasteiger partial charge in [-0.2, -0.15) is 0 Å². The molecule has 33 heavy (non-hydrogen) atoms. The molecule has 1 aromatic heterocycles. The summed E-state index contributed by atoms with van der Waals surface area (Å²) in [6, 6.07) is 11.8. The van der Waals surface area contributed by atoms with Crippen molar-refractivity contribution in [3.63, 3.8) is 0 Å². The highest BCUT2D eigenvalue weighted by Crippen LogP contribution is 2.47. The van der Waals surface area contributed by atoms with Crippen LogP contribution >= 0.6 is 0 Å². The molecule has 2 N–H and O–H groups in total. The Bertz CT molecular complexity index is 1240. The zero-order valence-electron chi connectivity index (χ0n) is 18.0. The number of aromatic nitrogens is 2. The molecule has 1 spiro atoms. The number of amides is 2. The quantitative estimate of drug-likeness (QED) is 0.644. The molecule has 8 nitrogen and oxygen atoms in total. The van der Waals surface area contributed by atoms with Crippen molar-refractivity contribution >= 4 is 23.5 Å². The minimum Gasteiger partial charge on any atom is -0.379 e. The molecule has 0 atom stereocenters. The molecular formula is C24H22FN5O3. The molecular weight excluding hydrogens is 425 g/mol. The van der Waals surface area contributed by atoms with Gasteiger partial charge < -0.3 is 20.3 Å². The van der Waals surface area contributed by atoms with Gasteiger partial charge in [0.25, 0.3) is 5.91 Å². The second kappa shape index (κ2) is 7.93. The number of primary amides is 1. The highest BCUT2D eigenvalue weighted by Gasteiger charge is 2.49. The zero-order valence-corrected chi connectivity index (χ0v) is 18.0. The summed E-state index contributed by atoms with van der Waals surface area (Å²) in [5, 5.41) is 0. The molecule has 5 rings (SSSR count). The molecule has 2 amide bonds. The number of anilines is 2. The zero-order chi connectivity index (χ0) is 23.2. The van der Waals surface area contributed by atoms with E-state index in [9.17, 15) is 14.0 Å². The van der Waals surface area contributed by atoms with Crippen molar-refractivity contribution in [1.29, 1.82) is 0 Å². The van der Waals surface area contributed by atoms with Gasteiger partial charge in [-0.3, -0.25) is 9.59 Å². The van der Waals surface area contributed by atoms with Gasteiger partial charge in [0.05, 0.1) is 25.2 Å². The number of fused-ring (bicyclic) bond motifs is 2. The Morgan fingerprint density at radius 1 is 1.15 bits per heavy atom. The molecule has 9 heteroatoms. The Morgan fingerprint density at radius 3 is 2.55 bits per heavy atom. The van der Waals surface area contributed by atoms with E-state index in [-0.39, 0.29) is 23.7 Å². The predicted molar refractivity (Wildman–Crippen MR) is 120 cm³/mol. The number of rotatable bonds is 5. The van der Waals surface area contributed by atoms with Crippen LogP contribution in [0.5, 0.6) is 0 Å². The molecule has 168 valence electrons. The Hall–Kier alpha value is -3.85. The van der Waals surface area contributed by atoms with E-state index >= 15 is 0 Å². The minimum atomic E-state index is -0.578. The fraction of sp³-hybridized carbons (Fsp3) is 0.250. The third kappa shape index (κ3) is 3.70. The van der Waals surface area contributed by atoms with Crippen LogP contribution in [0.15, 0.2) is 54.9 Å². The van der Waals surface area contributed by atoms with Crippen LogP contribution in [-0.2, 0) is 14.9 Å². The van der Waals surface area contributed by atoms with E-state index < -0.39 is 5.91 Å². The van der Waals surface area contributed by atoms with Crippen molar-refractivity contribution in [3.05, 3.63) is 71.8 Å². The first-order chi connectivity index (χ1) is 15.9. The highest BCUT2D eigenvalue weighted by atomic mass is 19.1. The lowest BCUT2D eigenvalue weighted by Gasteiger charge is -2.38. The maximum atomic E-state index is 13.6. The molecule has 0 radical (unpaired) electrons. The normalized spacial score (nSPS) is 15.8. The summed E-state index contributed by atoms with van der Waals surface area (Å²) in [5.74, 6) is -0.721. The summed E-state index contributed by atoms with van der Waals surface area (Å²) in [6.45, 7) is 1.61. The van der Waals surface area contributed by atoms with E-state index in [2.05, 4.69) is 9.97 Å². The molecule has 2 aliphatic heterocycles. The number of benzene rings is 2. The molecule has 2 aliphatic rings. The number of hydrogen-bond donors (Lipinski definition) is 1. The van der Waals surface area contributed by atoms with E-state index in [1.54, 1.807) is 36.7 Å². The van der Waals surface area contributed by atoms with Crippen molar-refractivity contribution in [2.24, 2.45) is 5.73 Å². The Morgan fingerprint density at radius 2 is 1.91 bits per heavy atom. The van der Waals surface area contributed by atoms with E-state index in [1.165, 1.54) is 24.1 Å². The average Bonchev–Trinajstić information content (AvgIpc) is 3.13. The third-order valence-electron chi connectivity index (χ3n) is 6.10.